The van der Waals surface area contributed by atoms with Gasteiger partial charge in [-0.05, 0) is 19.9 Å². The lowest BCUT2D eigenvalue weighted by molar-refractivity contribution is 0.121. The van der Waals surface area contributed by atoms with Crippen LogP contribution in [0.1, 0.15) is 29.7 Å². The van der Waals surface area contributed by atoms with Gasteiger partial charge in [0.15, 0.2) is 0 Å². The zero-order valence-corrected chi connectivity index (χ0v) is 15.2. The molecule has 25 heavy (non-hydrogen) atoms. The monoisotopic (exact) mass is 400 g/mol. The Morgan fingerprint density at radius 3 is 2.24 bits per heavy atom. The van der Waals surface area contributed by atoms with Gasteiger partial charge >= 0.3 is 15.2 Å². The maximum absolute atomic E-state index is 11.2. The number of aryl methyl sites for hydroxylation is 1. The molecule has 144 valence electrons. The fraction of sp³-hybridized carbons (Fsp3) is 0.583. The highest BCUT2D eigenvalue weighted by Crippen LogP contribution is 2.69. The summed E-state index contributed by atoms with van der Waals surface area (Å²) in [4.78, 5) is 40.0. The van der Waals surface area contributed by atoms with E-state index in [9.17, 15) is 24.4 Å². The van der Waals surface area contributed by atoms with E-state index in [-0.39, 0.29) is 31.9 Å². The van der Waals surface area contributed by atoms with Crippen LogP contribution in [0.4, 0.5) is 0 Å². The number of rotatable bonds is 9. The molecule has 0 aliphatic heterocycles. The van der Waals surface area contributed by atoms with E-state index < -0.39 is 26.7 Å². The van der Waals surface area contributed by atoms with Gasteiger partial charge in [0, 0.05) is 30.3 Å². The maximum Gasteiger partial charge on any atom is 0.369 e. The Hall–Kier alpha value is -0.870. The first-order chi connectivity index (χ1) is 11.3. The van der Waals surface area contributed by atoms with Crippen LogP contribution in [0.5, 0.6) is 5.75 Å². The zero-order valence-electron chi connectivity index (χ0n) is 13.4. The standard InChI is InChI=1S/C12H22N2O9P2/c1-8-11(16)10(9(7-15)5-14-8)6-13-4-2-3-12(17,24(18,19)20)25(21,22)23/h5,13,15-17H,2-4,6-7H2,1H3,(H2,18,19,20)(H2,21,22,23). The highest BCUT2D eigenvalue weighted by Gasteiger charge is 2.58. The highest BCUT2D eigenvalue weighted by atomic mass is 31.2. The van der Waals surface area contributed by atoms with Crippen LogP contribution in [-0.4, -0.2) is 51.5 Å². The number of hydrogen-bond acceptors (Lipinski definition) is 7. The summed E-state index contributed by atoms with van der Waals surface area (Å²) in [6.45, 7) is 1.33. The molecule has 0 aliphatic rings. The molecular weight excluding hydrogens is 378 g/mol. The minimum Gasteiger partial charge on any atom is -0.506 e. The maximum atomic E-state index is 11.2. The number of pyridine rings is 1. The molecule has 1 aromatic rings. The number of aromatic hydroxyl groups is 1. The average molecular weight is 400 g/mol. The Kier molecular flexibility index (Phi) is 7.29. The largest absolute Gasteiger partial charge is 0.506 e. The quantitative estimate of drug-likeness (QED) is 0.195. The van der Waals surface area contributed by atoms with E-state index in [4.69, 9.17) is 19.6 Å². The van der Waals surface area contributed by atoms with Gasteiger partial charge in [0.1, 0.15) is 5.75 Å². The summed E-state index contributed by atoms with van der Waals surface area (Å²) in [5.74, 6) is -0.110. The van der Waals surface area contributed by atoms with Crippen molar-refractivity contribution in [3.05, 3.63) is 23.0 Å². The van der Waals surface area contributed by atoms with Gasteiger partial charge < -0.3 is 40.2 Å². The topological polar surface area (TPSA) is 201 Å². The van der Waals surface area contributed by atoms with E-state index in [1.165, 1.54) is 6.20 Å². The minimum atomic E-state index is -5.46. The third kappa shape index (κ3) is 5.07. The molecule has 0 saturated heterocycles. The van der Waals surface area contributed by atoms with Crippen molar-refractivity contribution in [2.45, 2.75) is 38.0 Å². The minimum absolute atomic E-state index is 0.0357. The predicted molar refractivity (Wildman–Crippen MR) is 86.5 cm³/mol. The second-order valence-electron chi connectivity index (χ2n) is 5.50. The summed E-state index contributed by atoms with van der Waals surface area (Å²) < 4.78 is 22.4. The van der Waals surface area contributed by atoms with Crippen molar-refractivity contribution in [3.8, 4) is 5.75 Å². The van der Waals surface area contributed by atoms with E-state index in [0.717, 1.165) is 0 Å². The van der Waals surface area contributed by atoms with Crippen LogP contribution in [0.15, 0.2) is 6.20 Å². The molecular formula is C12H22N2O9P2. The first kappa shape index (κ1) is 22.2. The van der Waals surface area contributed by atoms with Crippen molar-refractivity contribution in [3.63, 3.8) is 0 Å². The molecule has 13 heteroatoms. The normalized spacial score (nSPS) is 13.2. The van der Waals surface area contributed by atoms with Gasteiger partial charge in [-0.1, -0.05) is 0 Å². The summed E-state index contributed by atoms with van der Waals surface area (Å²) >= 11 is 0. The molecule has 0 amide bonds. The number of aliphatic hydroxyl groups excluding tert-OH is 1. The van der Waals surface area contributed by atoms with E-state index in [1.807, 2.05) is 0 Å². The smallest absolute Gasteiger partial charge is 0.369 e. The molecule has 0 aliphatic carbocycles. The first-order valence-electron chi connectivity index (χ1n) is 7.16. The third-order valence-electron chi connectivity index (χ3n) is 3.70. The highest BCUT2D eigenvalue weighted by molar-refractivity contribution is 7.72. The predicted octanol–water partition coefficient (Wildman–Crippen LogP) is -0.541. The van der Waals surface area contributed by atoms with Crippen LogP contribution in [0.3, 0.4) is 0 Å². The molecule has 0 saturated carbocycles. The summed E-state index contributed by atoms with van der Waals surface area (Å²) in [5.41, 5.74) is 1.12. The van der Waals surface area contributed by atoms with Gasteiger partial charge in [0.05, 0.1) is 12.3 Å². The number of aliphatic hydroxyl groups is 2. The molecule has 0 unspecified atom stereocenters. The summed E-state index contributed by atoms with van der Waals surface area (Å²) in [6.07, 6.45) is 0.404. The van der Waals surface area contributed by atoms with Crippen LogP contribution in [0, 0.1) is 6.92 Å². The Balaban J connectivity index is 2.70. The first-order valence-corrected chi connectivity index (χ1v) is 10.4. The molecule has 1 heterocycles. The average Bonchev–Trinajstić information content (AvgIpc) is 2.48. The molecule has 0 atom stereocenters. The molecule has 8 N–H and O–H groups in total. The van der Waals surface area contributed by atoms with Gasteiger partial charge in [-0.15, -0.1) is 0 Å². The Bertz CT molecular complexity index is 678. The van der Waals surface area contributed by atoms with Crippen molar-refractivity contribution < 1.29 is 44.0 Å². The molecule has 0 spiro atoms. The molecule has 0 bridgehead atoms. The Labute approximate surface area is 143 Å². The molecule has 0 fully saturated rings. The molecule has 0 aromatic carbocycles. The molecule has 11 nitrogen and oxygen atoms in total. The van der Waals surface area contributed by atoms with E-state index >= 15 is 0 Å². The van der Waals surface area contributed by atoms with Crippen LogP contribution < -0.4 is 5.32 Å². The van der Waals surface area contributed by atoms with Crippen molar-refractivity contribution in [2.75, 3.05) is 6.54 Å². The van der Waals surface area contributed by atoms with E-state index in [1.54, 1.807) is 6.92 Å². The molecule has 0 radical (unpaired) electrons. The molecule has 1 rings (SSSR count). The summed E-state index contributed by atoms with van der Waals surface area (Å²) in [5, 5.41) is 28.3. The summed E-state index contributed by atoms with van der Waals surface area (Å²) in [7, 11) is -10.9. The van der Waals surface area contributed by atoms with Gasteiger partial charge in [-0.25, -0.2) is 0 Å². The lowest BCUT2D eigenvalue weighted by atomic mass is 10.1. The van der Waals surface area contributed by atoms with Gasteiger partial charge in [0.25, 0.3) is 5.08 Å². The van der Waals surface area contributed by atoms with Crippen molar-refractivity contribution in [1.29, 1.82) is 0 Å². The number of hydrogen-bond donors (Lipinski definition) is 8. The second kappa shape index (κ2) is 8.22. The number of nitrogens with one attached hydrogen (secondary N) is 1. The zero-order chi connectivity index (χ0) is 19.5. The number of nitrogens with zero attached hydrogens (tertiary/aromatic N) is 1. The van der Waals surface area contributed by atoms with Crippen LogP contribution in [0.2, 0.25) is 0 Å². The Morgan fingerprint density at radius 2 is 1.76 bits per heavy atom. The van der Waals surface area contributed by atoms with Gasteiger partial charge in [-0.2, -0.15) is 0 Å². The van der Waals surface area contributed by atoms with Crippen LogP contribution in [-0.2, 0) is 22.3 Å². The lowest BCUT2D eigenvalue weighted by Crippen LogP contribution is -2.30. The van der Waals surface area contributed by atoms with Crippen LogP contribution in [0.25, 0.3) is 0 Å². The van der Waals surface area contributed by atoms with Gasteiger partial charge in [0.2, 0.25) is 0 Å². The van der Waals surface area contributed by atoms with Gasteiger partial charge in [-0.3, -0.25) is 14.1 Å². The van der Waals surface area contributed by atoms with Crippen molar-refractivity contribution in [1.82, 2.24) is 10.3 Å². The summed E-state index contributed by atoms with van der Waals surface area (Å²) in [6, 6.07) is 0. The Morgan fingerprint density at radius 1 is 1.20 bits per heavy atom. The molecule has 1 aromatic heterocycles. The fourth-order valence-corrected chi connectivity index (χ4v) is 4.40. The van der Waals surface area contributed by atoms with E-state index in [2.05, 4.69) is 10.3 Å². The lowest BCUT2D eigenvalue weighted by Gasteiger charge is -2.29. The second-order valence-corrected chi connectivity index (χ2v) is 9.51. The third-order valence-corrected chi connectivity index (χ3v) is 7.58. The van der Waals surface area contributed by atoms with Crippen LogP contribution >= 0.6 is 15.2 Å². The van der Waals surface area contributed by atoms with Crippen molar-refractivity contribution in [2.24, 2.45) is 0 Å². The fourth-order valence-electron chi connectivity index (χ4n) is 2.14. The van der Waals surface area contributed by atoms with E-state index in [0.29, 0.717) is 16.8 Å². The number of aromatic nitrogens is 1. The SMILES string of the molecule is Cc1ncc(CO)c(CNCCCC(O)(P(=O)(O)O)P(=O)(O)O)c1O. The van der Waals surface area contributed by atoms with Crippen molar-refractivity contribution >= 4 is 15.2 Å².